The Kier molecular flexibility index (Phi) is 4.09. The SMILES string of the molecule is CC(=O)C1CCC(O)(C(C)=O)c2[nH]c(=O)c3sc(-c4ccncc4)cc3c21. The van der Waals surface area contributed by atoms with Gasteiger partial charge in [-0.15, -0.1) is 11.3 Å². The van der Waals surface area contributed by atoms with Crippen molar-refractivity contribution in [2.75, 3.05) is 0 Å². The van der Waals surface area contributed by atoms with Crippen molar-refractivity contribution in [3.05, 3.63) is 52.2 Å². The molecule has 2 atom stereocenters. The molecule has 0 saturated heterocycles. The number of hydrogen-bond acceptors (Lipinski definition) is 6. The molecule has 0 aliphatic heterocycles. The summed E-state index contributed by atoms with van der Waals surface area (Å²) in [4.78, 5) is 44.8. The highest BCUT2D eigenvalue weighted by molar-refractivity contribution is 7.22. The maximum absolute atomic E-state index is 12.7. The van der Waals surface area contributed by atoms with Crippen molar-refractivity contribution in [3.63, 3.8) is 0 Å². The third kappa shape index (κ3) is 2.65. The lowest BCUT2D eigenvalue weighted by molar-refractivity contribution is -0.139. The topological polar surface area (TPSA) is 100 Å². The molecule has 1 aliphatic carbocycles. The van der Waals surface area contributed by atoms with E-state index < -0.39 is 17.3 Å². The Balaban J connectivity index is 2.07. The van der Waals surface area contributed by atoms with Crippen LogP contribution in [0.5, 0.6) is 0 Å². The summed E-state index contributed by atoms with van der Waals surface area (Å²) in [7, 11) is 0. The third-order valence-electron chi connectivity index (χ3n) is 5.33. The summed E-state index contributed by atoms with van der Waals surface area (Å²) in [5.41, 5.74) is -0.488. The molecule has 0 spiro atoms. The standard InChI is InChI=1S/C20H18N2O4S/c1-10(23)13-3-6-20(26,11(2)24)18-16(13)14-9-15(12-4-7-21-8-5-12)27-17(14)19(25)22-18/h4-5,7-9,13,26H,3,6H2,1-2H3,(H,22,25). The number of fused-ring (bicyclic) bond motifs is 3. The zero-order chi connectivity index (χ0) is 19.3. The zero-order valence-corrected chi connectivity index (χ0v) is 15.7. The number of aromatic nitrogens is 2. The van der Waals surface area contributed by atoms with Gasteiger partial charge >= 0.3 is 0 Å². The molecule has 7 heteroatoms. The second-order valence-electron chi connectivity index (χ2n) is 6.95. The average molecular weight is 382 g/mol. The fourth-order valence-electron chi connectivity index (χ4n) is 3.86. The molecule has 3 aromatic heterocycles. The van der Waals surface area contributed by atoms with Crippen LogP contribution in [-0.4, -0.2) is 26.6 Å². The molecule has 0 bridgehead atoms. The summed E-state index contributed by atoms with van der Waals surface area (Å²) in [6.45, 7) is 2.80. The van der Waals surface area contributed by atoms with Crippen LogP contribution in [0.3, 0.4) is 0 Å². The third-order valence-corrected chi connectivity index (χ3v) is 6.51. The van der Waals surface area contributed by atoms with Crippen LogP contribution in [0.1, 0.15) is 43.9 Å². The van der Waals surface area contributed by atoms with E-state index in [-0.39, 0.29) is 23.5 Å². The second-order valence-corrected chi connectivity index (χ2v) is 8.00. The molecule has 0 aromatic carbocycles. The Labute approximate surface area is 158 Å². The smallest absolute Gasteiger partial charge is 0.266 e. The van der Waals surface area contributed by atoms with Crippen LogP contribution in [0.4, 0.5) is 0 Å². The van der Waals surface area contributed by atoms with E-state index in [0.717, 1.165) is 10.4 Å². The average Bonchev–Trinajstić information content (AvgIpc) is 3.09. The Morgan fingerprint density at radius 1 is 1.30 bits per heavy atom. The highest BCUT2D eigenvalue weighted by Crippen LogP contribution is 2.45. The van der Waals surface area contributed by atoms with Gasteiger partial charge in [0.05, 0.1) is 5.69 Å². The summed E-state index contributed by atoms with van der Waals surface area (Å²) in [5.74, 6) is -0.948. The summed E-state index contributed by atoms with van der Waals surface area (Å²) in [6.07, 6.45) is 3.82. The second kappa shape index (κ2) is 6.21. The van der Waals surface area contributed by atoms with Crippen molar-refractivity contribution in [1.82, 2.24) is 9.97 Å². The van der Waals surface area contributed by atoms with E-state index in [1.807, 2.05) is 18.2 Å². The van der Waals surface area contributed by atoms with Gasteiger partial charge in [-0.05, 0) is 56.0 Å². The molecule has 2 N–H and O–H groups in total. The Morgan fingerprint density at radius 2 is 2.00 bits per heavy atom. The molecule has 0 amide bonds. The molecule has 27 heavy (non-hydrogen) atoms. The number of nitrogens with zero attached hydrogens (tertiary/aromatic N) is 1. The van der Waals surface area contributed by atoms with Crippen LogP contribution in [0, 0.1) is 0 Å². The van der Waals surface area contributed by atoms with Crippen LogP contribution < -0.4 is 5.56 Å². The number of carbonyl (C=O) groups excluding carboxylic acids is 2. The fraction of sp³-hybridized carbons (Fsp3) is 0.300. The number of Topliss-reactive ketones (excluding diaryl/α,β-unsaturated/α-hetero) is 2. The van der Waals surface area contributed by atoms with E-state index in [0.29, 0.717) is 22.1 Å². The van der Waals surface area contributed by atoms with Gasteiger partial charge in [0.2, 0.25) is 0 Å². The largest absolute Gasteiger partial charge is 0.376 e. The molecular formula is C20H18N2O4S. The lowest BCUT2D eigenvalue weighted by Gasteiger charge is -2.35. The quantitative estimate of drug-likeness (QED) is 0.725. The molecule has 3 heterocycles. The number of H-pyrrole nitrogens is 1. The first-order valence-corrected chi connectivity index (χ1v) is 9.49. The van der Waals surface area contributed by atoms with Gasteiger partial charge < -0.3 is 10.1 Å². The van der Waals surface area contributed by atoms with Gasteiger partial charge in [0, 0.05) is 28.6 Å². The van der Waals surface area contributed by atoms with Gasteiger partial charge in [0.15, 0.2) is 11.4 Å². The molecule has 138 valence electrons. The minimum absolute atomic E-state index is 0.0492. The number of rotatable bonds is 3. The summed E-state index contributed by atoms with van der Waals surface area (Å²) in [6, 6.07) is 5.56. The molecule has 4 rings (SSSR count). The fourth-order valence-corrected chi connectivity index (χ4v) is 4.93. The number of hydrogen-bond donors (Lipinski definition) is 2. The maximum atomic E-state index is 12.7. The minimum atomic E-state index is -1.77. The minimum Gasteiger partial charge on any atom is -0.376 e. The van der Waals surface area contributed by atoms with E-state index in [4.69, 9.17) is 0 Å². The highest BCUT2D eigenvalue weighted by atomic mass is 32.1. The van der Waals surface area contributed by atoms with Crippen molar-refractivity contribution in [2.45, 2.75) is 38.2 Å². The van der Waals surface area contributed by atoms with Gasteiger partial charge in [-0.2, -0.15) is 0 Å². The van der Waals surface area contributed by atoms with Gasteiger partial charge in [0.25, 0.3) is 5.56 Å². The molecule has 6 nitrogen and oxygen atoms in total. The van der Waals surface area contributed by atoms with E-state index in [1.165, 1.54) is 25.2 Å². The lowest BCUT2D eigenvalue weighted by atomic mass is 9.73. The Bertz CT molecular complexity index is 1130. The van der Waals surface area contributed by atoms with Gasteiger partial charge in [-0.3, -0.25) is 19.4 Å². The van der Waals surface area contributed by atoms with E-state index >= 15 is 0 Å². The molecular weight excluding hydrogens is 364 g/mol. The maximum Gasteiger partial charge on any atom is 0.266 e. The van der Waals surface area contributed by atoms with Crippen molar-refractivity contribution < 1.29 is 14.7 Å². The van der Waals surface area contributed by atoms with Gasteiger partial charge in [-0.25, -0.2) is 0 Å². The molecule has 1 aliphatic rings. The Hall–Kier alpha value is -2.64. The first-order chi connectivity index (χ1) is 12.8. The van der Waals surface area contributed by atoms with Crippen LogP contribution in [-0.2, 0) is 15.2 Å². The van der Waals surface area contributed by atoms with Crippen molar-refractivity contribution in [3.8, 4) is 10.4 Å². The number of ketones is 2. The summed E-state index contributed by atoms with van der Waals surface area (Å²) >= 11 is 1.32. The van der Waals surface area contributed by atoms with Crippen molar-refractivity contribution >= 4 is 33.0 Å². The first kappa shape index (κ1) is 17.8. The van der Waals surface area contributed by atoms with E-state index in [2.05, 4.69) is 9.97 Å². The number of aliphatic hydroxyl groups is 1. The number of thiophene rings is 1. The zero-order valence-electron chi connectivity index (χ0n) is 14.9. The van der Waals surface area contributed by atoms with Crippen molar-refractivity contribution in [2.24, 2.45) is 0 Å². The number of aromatic amines is 1. The Morgan fingerprint density at radius 3 is 2.63 bits per heavy atom. The van der Waals surface area contributed by atoms with Gasteiger partial charge in [0.1, 0.15) is 10.5 Å². The van der Waals surface area contributed by atoms with E-state index in [1.54, 1.807) is 12.4 Å². The molecule has 0 saturated carbocycles. The predicted molar refractivity (Wildman–Crippen MR) is 103 cm³/mol. The van der Waals surface area contributed by atoms with Crippen LogP contribution in [0.25, 0.3) is 20.5 Å². The summed E-state index contributed by atoms with van der Waals surface area (Å²) < 4.78 is 0.486. The number of carbonyl (C=O) groups is 2. The normalized spacial score (nSPS) is 21.8. The van der Waals surface area contributed by atoms with Crippen LogP contribution in [0.15, 0.2) is 35.4 Å². The lowest BCUT2D eigenvalue weighted by Crippen LogP contribution is -2.42. The molecule has 0 radical (unpaired) electrons. The van der Waals surface area contributed by atoms with Crippen molar-refractivity contribution in [1.29, 1.82) is 0 Å². The van der Waals surface area contributed by atoms with Crippen LogP contribution >= 0.6 is 11.3 Å². The molecule has 2 unspecified atom stereocenters. The monoisotopic (exact) mass is 382 g/mol. The van der Waals surface area contributed by atoms with E-state index in [9.17, 15) is 19.5 Å². The molecule has 0 fully saturated rings. The predicted octanol–water partition coefficient (Wildman–Crippen LogP) is 2.89. The highest BCUT2D eigenvalue weighted by Gasteiger charge is 2.45. The van der Waals surface area contributed by atoms with Gasteiger partial charge in [-0.1, -0.05) is 0 Å². The first-order valence-electron chi connectivity index (χ1n) is 8.67. The number of nitrogens with one attached hydrogen (secondary N) is 1. The summed E-state index contributed by atoms with van der Waals surface area (Å²) in [5, 5.41) is 11.6. The molecule has 3 aromatic rings. The van der Waals surface area contributed by atoms with Crippen LogP contribution in [0.2, 0.25) is 0 Å². The number of pyridine rings is 2.